The number of methoxy groups -OCH3 is 1. The molecule has 5 nitrogen and oxygen atoms in total. The molecule has 2 aliphatic heterocycles. The maximum Gasteiger partial charge on any atom is 0.289 e. The fourth-order valence-electron chi connectivity index (χ4n) is 4.54. The number of likely N-dealkylation sites (tertiary alicyclic amines) is 2. The molecule has 0 aliphatic carbocycles. The van der Waals surface area contributed by atoms with Gasteiger partial charge in [-0.3, -0.25) is 9.69 Å². The van der Waals surface area contributed by atoms with Gasteiger partial charge < -0.3 is 14.1 Å². The van der Waals surface area contributed by atoms with Crippen LogP contribution in [0.25, 0.3) is 0 Å². The molecule has 6 heteroatoms. The number of furan rings is 1. The Morgan fingerprint density at radius 1 is 1.38 bits per heavy atom. The molecule has 0 N–H and O–H groups in total. The average molecular weight is 375 g/mol. The number of rotatable bonds is 5. The predicted molar refractivity (Wildman–Crippen MR) is 101 cm³/mol. The molecule has 140 valence electrons. The third-order valence-electron chi connectivity index (χ3n) is 6.04. The average Bonchev–Trinajstić information content (AvgIpc) is 3.40. The molecule has 4 rings (SSSR count). The largest absolute Gasteiger partial charge is 0.459 e. The van der Waals surface area contributed by atoms with Crippen LogP contribution in [0.15, 0.2) is 39.6 Å². The lowest BCUT2D eigenvalue weighted by molar-refractivity contribution is 0.0347. The van der Waals surface area contributed by atoms with Crippen LogP contribution in [0.2, 0.25) is 0 Å². The molecule has 26 heavy (non-hydrogen) atoms. The lowest BCUT2D eigenvalue weighted by Gasteiger charge is -2.42. The van der Waals surface area contributed by atoms with Crippen molar-refractivity contribution in [2.45, 2.75) is 19.4 Å². The van der Waals surface area contributed by atoms with Crippen molar-refractivity contribution in [3.05, 3.63) is 46.5 Å². The van der Waals surface area contributed by atoms with Gasteiger partial charge in [-0.15, -0.1) is 0 Å². The first-order valence-corrected chi connectivity index (χ1v) is 10.2. The normalized spacial score (nSPS) is 23.0. The van der Waals surface area contributed by atoms with E-state index >= 15 is 0 Å². The van der Waals surface area contributed by atoms with Crippen LogP contribution in [0.4, 0.5) is 0 Å². The number of carbonyl (C=O) groups is 1. The van der Waals surface area contributed by atoms with Gasteiger partial charge in [-0.05, 0) is 65.9 Å². The number of carbonyl (C=O) groups excluding carboxylic acids is 1. The second-order valence-electron chi connectivity index (χ2n) is 7.59. The zero-order valence-corrected chi connectivity index (χ0v) is 16.0. The first-order valence-electron chi connectivity index (χ1n) is 9.25. The molecule has 1 spiro atoms. The summed E-state index contributed by atoms with van der Waals surface area (Å²) in [5.41, 5.74) is 1.57. The maximum absolute atomic E-state index is 12.7. The van der Waals surface area contributed by atoms with Gasteiger partial charge in [0.05, 0.1) is 12.9 Å². The first-order chi connectivity index (χ1) is 12.7. The SMILES string of the molecule is COC[C@H]1CN(C(=O)c2ccco2)CC12CCN(Cc1ccsc1)CC2. The van der Waals surface area contributed by atoms with Gasteiger partial charge in [-0.1, -0.05) is 0 Å². The molecule has 0 bridgehead atoms. The molecule has 0 radical (unpaired) electrons. The fraction of sp³-hybridized carbons (Fsp3) is 0.550. The van der Waals surface area contributed by atoms with Crippen molar-refractivity contribution in [3.63, 3.8) is 0 Å². The molecule has 0 saturated carbocycles. The van der Waals surface area contributed by atoms with E-state index in [1.165, 1.54) is 5.56 Å². The summed E-state index contributed by atoms with van der Waals surface area (Å²) in [4.78, 5) is 17.2. The minimum atomic E-state index is 0.00804. The van der Waals surface area contributed by atoms with Gasteiger partial charge >= 0.3 is 0 Å². The smallest absolute Gasteiger partial charge is 0.289 e. The van der Waals surface area contributed by atoms with Crippen LogP contribution < -0.4 is 0 Å². The summed E-state index contributed by atoms with van der Waals surface area (Å²) >= 11 is 1.76. The van der Waals surface area contributed by atoms with E-state index < -0.39 is 0 Å². The molecule has 2 aromatic heterocycles. The Morgan fingerprint density at radius 3 is 2.88 bits per heavy atom. The standard InChI is InChI=1S/C20H26N2O3S/c1-24-13-17-12-22(19(23)18-3-2-9-25-18)15-20(17)5-7-21(8-6-20)11-16-4-10-26-14-16/h2-4,9-10,14,17H,5-8,11-13,15H2,1H3/t17-/m1/s1. The van der Waals surface area contributed by atoms with E-state index in [1.54, 1.807) is 36.8 Å². The van der Waals surface area contributed by atoms with Crippen molar-refractivity contribution in [3.8, 4) is 0 Å². The molecule has 2 aliphatic rings. The van der Waals surface area contributed by atoms with Crippen molar-refractivity contribution in [1.82, 2.24) is 9.80 Å². The molecule has 0 aromatic carbocycles. The lowest BCUT2D eigenvalue weighted by Crippen LogP contribution is -2.45. The minimum Gasteiger partial charge on any atom is -0.459 e. The number of amides is 1. The molecule has 1 atom stereocenters. The Balaban J connectivity index is 1.43. The van der Waals surface area contributed by atoms with Crippen LogP contribution in [0.3, 0.4) is 0 Å². The van der Waals surface area contributed by atoms with Crippen LogP contribution in [0.1, 0.15) is 29.0 Å². The van der Waals surface area contributed by atoms with Gasteiger partial charge in [0.25, 0.3) is 5.91 Å². The van der Waals surface area contributed by atoms with E-state index in [0.29, 0.717) is 18.3 Å². The highest BCUT2D eigenvalue weighted by Gasteiger charge is 2.49. The topological polar surface area (TPSA) is 45.9 Å². The summed E-state index contributed by atoms with van der Waals surface area (Å²) < 4.78 is 10.8. The zero-order chi connectivity index (χ0) is 18.0. The fourth-order valence-corrected chi connectivity index (χ4v) is 5.20. The van der Waals surface area contributed by atoms with Crippen LogP contribution in [0, 0.1) is 11.3 Å². The molecular formula is C20H26N2O3S. The number of hydrogen-bond acceptors (Lipinski definition) is 5. The molecule has 0 unspecified atom stereocenters. The van der Waals surface area contributed by atoms with Crippen molar-refractivity contribution < 1.29 is 13.9 Å². The summed E-state index contributed by atoms with van der Waals surface area (Å²) in [6.45, 7) is 5.48. The summed E-state index contributed by atoms with van der Waals surface area (Å²) in [7, 11) is 1.76. The van der Waals surface area contributed by atoms with E-state index in [2.05, 4.69) is 21.7 Å². The molecule has 1 amide bonds. The number of hydrogen-bond donors (Lipinski definition) is 0. The highest BCUT2D eigenvalue weighted by Crippen LogP contribution is 2.45. The molecule has 4 heterocycles. The highest BCUT2D eigenvalue weighted by molar-refractivity contribution is 7.07. The van der Waals surface area contributed by atoms with Crippen LogP contribution in [-0.4, -0.2) is 55.6 Å². The van der Waals surface area contributed by atoms with Crippen LogP contribution in [-0.2, 0) is 11.3 Å². The number of nitrogens with zero attached hydrogens (tertiary/aromatic N) is 2. The minimum absolute atomic E-state index is 0.00804. The summed E-state index contributed by atoms with van der Waals surface area (Å²) in [6, 6.07) is 5.73. The van der Waals surface area contributed by atoms with Crippen LogP contribution in [0.5, 0.6) is 0 Å². The van der Waals surface area contributed by atoms with E-state index in [1.807, 2.05) is 4.90 Å². The highest BCUT2D eigenvalue weighted by atomic mass is 32.1. The molecule has 2 saturated heterocycles. The lowest BCUT2D eigenvalue weighted by atomic mass is 9.71. The third kappa shape index (κ3) is 3.46. The maximum atomic E-state index is 12.7. The van der Waals surface area contributed by atoms with Crippen molar-refractivity contribution in [1.29, 1.82) is 0 Å². The summed E-state index contributed by atoms with van der Waals surface area (Å²) in [5, 5.41) is 4.38. The molecule has 2 fully saturated rings. The van der Waals surface area contributed by atoms with E-state index in [4.69, 9.17) is 9.15 Å². The van der Waals surface area contributed by atoms with E-state index in [9.17, 15) is 4.79 Å². The monoisotopic (exact) mass is 374 g/mol. The van der Waals surface area contributed by atoms with Crippen molar-refractivity contribution in [2.75, 3.05) is 39.9 Å². The molecule has 2 aromatic rings. The van der Waals surface area contributed by atoms with E-state index in [0.717, 1.165) is 45.6 Å². The van der Waals surface area contributed by atoms with Gasteiger partial charge in [-0.2, -0.15) is 11.3 Å². The Hall–Kier alpha value is -1.63. The Kier molecular flexibility index (Phi) is 5.16. The van der Waals surface area contributed by atoms with Gasteiger partial charge in [0.1, 0.15) is 0 Å². The summed E-state index contributed by atoms with van der Waals surface area (Å²) in [6.07, 6.45) is 3.80. The number of thiophene rings is 1. The number of ether oxygens (including phenoxy) is 1. The first kappa shape index (κ1) is 17.8. The van der Waals surface area contributed by atoms with Gasteiger partial charge in [0.2, 0.25) is 0 Å². The Labute approximate surface area is 158 Å². The van der Waals surface area contributed by atoms with Crippen LogP contribution >= 0.6 is 11.3 Å². The van der Waals surface area contributed by atoms with Gasteiger partial charge in [0.15, 0.2) is 5.76 Å². The third-order valence-corrected chi connectivity index (χ3v) is 6.77. The molecular weight excluding hydrogens is 348 g/mol. The summed E-state index contributed by atoms with van der Waals surface area (Å²) in [5.74, 6) is 0.844. The zero-order valence-electron chi connectivity index (χ0n) is 15.2. The van der Waals surface area contributed by atoms with Crippen molar-refractivity contribution in [2.24, 2.45) is 11.3 Å². The van der Waals surface area contributed by atoms with E-state index in [-0.39, 0.29) is 11.3 Å². The Bertz CT molecular complexity index is 706. The quantitative estimate of drug-likeness (QED) is 0.805. The second-order valence-corrected chi connectivity index (χ2v) is 8.37. The Morgan fingerprint density at radius 2 is 2.23 bits per heavy atom. The van der Waals surface area contributed by atoms with Gasteiger partial charge in [0, 0.05) is 32.7 Å². The second kappa shape index (κ2) is 7.55. The van der Waals surface area contributed by atoms with Crippen molar-refractivity contribution >= 4 is 17.2 Å². The predicted octanol–water partition coefficient (Wildman–Crippen LogP) is 3.34. The van der Waals surface area contributed by atoms with Gasteiger partial charge in [-0.25, -0.2) is 0 Å². The number of piperidine rings is 1.